The molecule has 0 aliphatic carbocycles. The van der Waals surface area contributed by atoms with Crippen LogP contribution in [0.1, 0.15) is 32.5 Å². The van der Waals surface area contributed by atoms with Crippen molar-refractivity contribution in [1.82, 2.24) is 14.9 Å². The summed E-state index contributed by atoms with van der Waals surface area (Å²) >= 11 is 0. The Morgan fingerprint density at radius 1 is 1.60 bits per heavy atom. The summed E-state index contributed by atoms with van der Waals surface area (Å²) in [6.45, 7) is 6.76. The minimum absolute atomic E-state index is 0.651. The summed E-state index contributed by atoms with van der Waals surface area (Å²) in [6, 6.07) is 0.651. The van der Waals surface area contributed by atoms with Crippen molar-refractivity contribution in [1.29, 1.82) is 0 Å². The molecule has 1 unspecified atom stereocenters. The first-order chi connectivity index (χ1) is 7.25. The zero-order valence-corrected chi connectivity index (χ0v) is 9.74. The highest BCUT2D eigenvalue weighted by atomic mass is 15.1. The van der Waals surface area contributed by atoms with Crippen LogP contribution in [-0.4, -0.2) is 22.1 Å². The number of nitrogens with one attached hydrogen (secondary N) is 1. The van der Waals surface area contributed by atoms with Crippen molar-refractivity contribution in [2.24, 2.45) is 5.92 Å². The first kappa shape index (κ1) is 10.7. The lowest BCUT2D eigenvalue weighted by Crippen LogP contribution is -2.25. The van der Waals surface area contributed by atoms with Crippen LogP contribution in [0.3, 0.4) is 0 Å². The van der Waals surface area contributed by atoms with E-state index in [1.54, 1.807) is 0 Å². The van der Waals surface area contributed by atoms with E-state index in [-0.39, 0.29) is 0 Å². The number of hydrogen-bond acceptors (Lipinski definition) is 2. The zero-order valence-electron chi connectivity index (χ0n) is 9.74. The predicted molar refractivity (Wildman–Crippen MR) is 61.8 cm³/mol. The Kier molecular flexibility index (Phi) is 3.41. The van der Waals surface area contributed by atoms with Gasteiger partial charge in [-0.05, 0) is 25.3 Å². The summed E-state index contributed by atoms with van der Waals surface area (Å²) in [5.41, 5.74) is 0. The van der Waals surface area contributed by atoms with Crippen molar-refractivity contribution < 1.29 is 0 Å². The molecule has 3 nitrogen and oxygen atoms in total. The summed E-state index contributed by atoms with van der Waals surface area (Å²) in [5, 5.41) is 3.52. The molecule has 2 rings (SSSR count). The Morgan fingerprint density at radius 2 is 2.47 bits per heavy atom. The minimum atomic E-state index is 0.651. The van der Waals surface area contributed by atoms with Gasteiger partial charge in [0.1, 0.15) is 5.82 Å². The second-order valence-electron chi connectivity index (χ2n) is 4.89. The van der Waals surface area contributed by atoms with E-state index < -0.39 is 0 Å². The molecule has 0 bridgehead atoms. The SMILES string of the molecule is CC(C)Cn1ccnc1CC1CCCN1. The Hall–Kier alpha value is -0.830. The normalized spacial score (nSPS) is 21.4. The Balaban J connectivity index is 1.97. The fourth-order valence-electron chi connectivity index (χ4n) is 2.24. The molecule has 1 aliphatic rings. The van der Waals surface area contributed by atoms with Gasteiger partial charge in [-0.25, -0.2) is 4.98 Å². The van der Waals surface area contributed by atoms with E-state index in [9.17, 15) is 0 Å². The van der Waals surface area contributed by atoms with Crippen LogP contribution in [-0.2, 0) is 13.0 Å². The first-order valence-electron chi connectivity index (χ1n) is 5.99. The molecule has 1 aliphatic heterocycles. The third-order valence-electron chi connectivity index (χ3n) is 2.95. The van der Waals surface area contributed by atoms with Crippen molar-refractivity contribution in [3.8, 4) is 0 Å². The van der Waals surface area contributed by atoms with E-state index in [0.29, 0.717) is 12.0 Å². The predicted octanol–water partition coefficient (Wildman–Crippen LogP) is 1.83. The van der Waals surface area contributed by atoms with Crippen molar-refractivity contribution in [3.63, 3.8) is 0 Å². The van der Waals surface area contributed by atoms with Crippen LogP contribution in [0.4, 0.5) is 0 Å². The van der Waals surface area contributed by atoms with Gasteiger partial charge in [0.15, 0.2) is 0 Å². The van der Waals surface area contributed by atoms with Gasteiger partial charge in [-0.3, -0.25) is 0 Å². The molecule has 1 N–H and O–H groups in total. The van der Waals surface area contributed by atoms with Gasteiger partial charge in [0.05, 0.1) is 0 Å². The molecule has 0 amide bonds. The highest BCUT2D eigenvalue weighted by Gasteiger charge is 2.16. The monoisotopic (exact) mass is 207 g/mol. The standard InChI is InChI=1S/C12H21N3/c1-10(2)9-15-7-6-14-12(15)8-11-4-3-5-13-11/h6-7,10-11,13H,3-5,8-9H2,1-2H3. The molecular formula is C12H21N3. The van der Waals surface area contributed by atoms with E-state index >= 15 is 0 Å². The molecule has 1 aromatic rings. The molecule has 1 atom stereocenters. The molecule has 0 saturated carbocycles. The van der Waals surface area contributed by atoms with Crippen molar-refractivity contribution in [2.75, 3.05) is 6.54 Å². The van der Waals surface area contributed by atoms with Gasteiger partial charge in [0, 0.05) is 31.4 Å². The molecule has 0 radical (unpaired) electrons. The molecule has 3 heteroatoms. The number of rotatable bonds is 4. The van der Waals surface area contributed by atoms with Gasteiger partial charge in [-0.2, -0.15) is 0 Å². The maximum atomic E-state index is 4.46. The summed E-state index contributed by atoms with van der Waals surface area (Å²) in [4.78, 5) is 4.46. The number of imidazole rings is 1. The summed E-state index contributed by atoms with van der Waals surface area (Å²) in [7, 11) is 0. The third-order valence-corrected chi connectivity index (χ3v) is 2.95. The average molecular weight is 207 g/mol. The van der Waals surface area contributed by atoms with Gasteiger partial charge in [-0.1, -0.05) is 13.8 Å². The van der Waals surface area contributed by atoms with E-state index in [4.69, 9.17) is 0 Å². The largest absolute Gasteiger partial charge is 0.335 e. The van der Waals surface area contributed by atoms with Crippen molar-refractivity contribution >= 4 is 0 Å². The van der Waals surface area contributed by atoms with Gasteiger partial charge in [0.25, 0.3) is 0 Å². The molecule has 1 fully saturated rings. The van der Waals surface area contributed by atoms with Crippen LogP contribution in [0.5, 0.6) is 0 Å². The number of hydrogen-bond donors (Lipinski definition) is 1. The molecule has 1 aromatic heterocycles. The number of aromatic nitrogens is 2. The summed E-state index contributed by atoms with van der Waals surface area (Å²) < 4.78 is 2.30. The van der Waals surface area contributed by atoms with Gasteiger partial charge in [0.2, 0.25) is 0 Å². The molecule has 1 saturated heterocycles. The van der Waals surface area contributed by atoms with Crippen LogP contribution >= 0.6 is 0 Å². The quantitative estimate of drug-likeness (QED) is 0.816. The maximum absolute atomic E-state index is 4.46. The fourth-order valence-corrected chi connectivity index (χ4v) is 2.24. The lowest BCUT2D eigenvalue weighted by atomic mass is 10.1. The topological polar surface area (TPSA) is 29.9 Å². The highest BCUT2D eigenvalue weighted by molar-refractivity contribution is 4.97. The van der Waals surface area contributed by atoms with Crippen LogP contribution < -0.4 is 5.32 Å². The van der Waals surface area contributed by atoms with E-state index in [1.165, 1.54) is 25.2 Å². The first-order valence-corrected chi connectivity index (χ1v) is 5.99. The molecular weight excluding hydrogens is 186 g/mol. The van der Waals surface area contributed by atoms with Gasteiger partial charge < -0.3 is 9.88 Å². The second kappa shape index (κ2) is 4.79. The molecule has 0 spiro atoms. The third kappa shape index (κ3) is 2.81. The smallest absolute Gasteiger partial charge is 0.110 e. The lowest BCUT2D eigenvalue weighted by molar-refractivity contribution is 0.488. The fraction of sp³-hybridized carbons (Fsp3) is 0.750. The van der Waals surface area contributed by atoms with Gasteiger partial charge >= 0.3 is 0 Å². The molecule has 0 aromatic carbocycles. The Labute approximate surface area is 91.9 Å². The summed E-state index contributed by atoms with van der Waals surface area (Å²) in [5.74, 6) is 1.93. The van der Waals surface area contributed by atoms with Crippen LogP contribution in [0, 0.1) is 5.92 Å². The molecule has 84 valence electrons. The van der Waals surface area contributed by atoms with E-state index in [0.717, 1.165) is 13.0 Å². The highest BCUT2D eigenvalue weighted by Crippen LogP contribution is 2.12. The van der Waals surface area contributed by atoms with E-state index in [2.05, 4.69) is 34.9 Å². The van der Waals surface area contributed by atoms with Gasteiger partial charge in [-0.15, -0.1) is 0 Å². The minimum Gasteiger partial charge on any atom is -0.335 e. The zero-order chi connectivity index (χ0) is 10.7. The Bertz CT molecular complexity index is 298. The Morgan fingerprint density at radius 3 is 3.13 bits per heavy atom. The average Bonchev–Trinajstić information content (AvgIpc) is 2.78. The van der Waals surface area contributed by atoms with E-state index in [1.807, 2.05) is 6.20 Å². The van der Waals surface area contributed by atoms with Crippen molar-refractivity contribution in [3.05, 3.63) is 18.2 Å². The second-order valence-corrected chi connectivity index (χ2v) is 4.89. The lowest BCUT2D eigenvalue weighted by Gasteiger charge is -2.13. The van der Waals surface area contributed by atoms with Crippen molar-refractivity contribution in [2.45, 2.75) is 45.7 Å². The molecule has 2 heterocycles. The molecule has 15 heavy (non-hydrogen) atoms. The summed E-state index contributed by atoms with van der Waals surface area (Å²) in [6.07, 6.45) is 7.72. The number of nitrogens with zero attached hydrogens (tertiary/aromatic N) is 2. The van der Waals surface area contributed by atoms with Crippen LogP contribution in [0.2, 0.25) is 0 Å². The maximum Gasteiger partial charge on any atom is 0.110 e. The van der Waals surface area contributed by atoms with Crippen LogP contribution in [0.25, 0.3) is 0 Å². The van der Waals surface area contributed by atoms with Crippen LogP contribution in [0.15, 0.2) is 12.4 Å².